The zero-order valence-electron chi connectivity index (χ0n) is 13.7. The predicted octanol–water partition coefficient (Wildman–Crippen LogP) is 5.29. The molecule has 0 radical (unpaired) electrons. The first-order valence-electron chi connectivity index (χ1n) is 8.55. The maximum Gasteiger partial charge on any atom is 0.0177 e. The first-order chi connectivity index (χ1) is 10.1. The summed E-state index contributed by atoms with van der Waals surface area (Å²) in [7, 11) is 0. The Bertz CT molecular complexity index is 429. The second kappa shape index (κ2) is 8.33. The third-order valence-corrected chi connectivity index (χ3v) is 5.66. The number of halogens is 1. The van der Waals surface area contributed by atoms with E-state index in [1.54, 1.807) is 0 Å². The smallest absolute Gasteiger partial charge is 0.0177 e. The molecule has 1 aliphatic rings. The molecule has 0 heterocycles. The molecule has 0 aromatic heterocycles. The molecule has 1 fully saturated rings. The van der Waals surface area contributed by atoms with Crippen LogP contribution in [0, 0.1) is 23.7 Å². The van der Waals surface area contributed by atoms with E-state index in [2.05, 4.69) is 66.3 Å². The van der Waals surface area contributed by atoms with Gasteiger partial charge in [0.05, 0.1) is 0 Å². The highest BCUT2D eigenvalue weighted by Gasteiger charge is 2.31. The monoisotopic (exact) mass is 351 g/mol. The summed E-state index contributed by atoms with van der Waals surface area (Å²) in [6.45, 7) is 9.29. The minimum absolute atomic E-state index is 0.829. The van der Waals surface area contributed by atoms with Gasteiger partial charge in [-0.1, -0.05) is 48.8 Å². The van der Waals surface area contributed by atoms with Gasteiger partial charge in [0.2, 0.25) is 0 Å². The molecule has 1 aliphatic carbocycles. The van der Waals surface area contributed by atoms with Gasteiger partial charge in [-0.15, -0.1) is 0 Å². The fourth-order valence-corrected chi connectivity index (χ4v) is 4.23. The van der Waals surface area contributed by atoms with Gasteiger partial charge in [0.1, 0.15) is 0 Å². The summed E-state index contributed by atoms with van der Waals surface area (Å²) in [5.74, 6) is 3.42. The van der Waals surface area contributed by atoms with Gasteiger partial charge in [-0.2, -0.15) is 0 Å². The Kier molecular flexibility index (Phi) is 6.75. The number of benzene rings is 1. The van der Waals surface area contributed by atoms with Gasteiger partial charge >= 0.3 is 0 Å². The quantitative estimate of drug-likeness (QED) is 0.734. The lowest BCUT2D eigenvalue weighted by Gasteiger charge is -2.38. The van der Waals surface area contributed by atoms with E-state index >= 15 is 0 Å². The van der Waals surface area contributed by atoms with Crippen LogP contribution >= 0.6 is 15.9 Å². The number of hydrogen-bond acceptors (Lipinski definition) is 1. The topological polar surface area (TPSA) is 12.0 Å². The third kappa shape index (κ3) is 5.10. The van der Waals surface area contributed by atoms with E-state index in [1.807, 2.05) is 0 Å². The van der Waals surface area contributed by atoms with Crippen molar-refractivity contribution in [1.82, 2.24) is 5.32 Å². The van der Waals surface area contributed by atoms with E-state index in [1.165, 1.54) is 42.3 Å². The molecule has 1 N–H and O–H groups in total. The zero-order chi connectivity index (χ0) is 15.2. The first-order valence-corrected chi connectivity index (χ1v) is 9.34. The van der Waals surface area contributed by atoms with Gasteiger partial charge in [0, 0.05) is 4.47 Å². The molecule has 3 atom stereocenters. The van der Waals surface area contributed by atoms with Crippen LogP contribution in [0.25, 0.3) is 0 Å². The normalized spacial score (nSPS) is 26.2. The Morgan fingerprint density at radius 3 is 2.71 bits per heavy atom. The van der Waals surface area contributed by atoms with E-state index < -0.39 is 0 Å². The lowest BCUT2D eigenvalue weighted by atomic mass is 9.68. The van der Waals surface area contributed by atoms with E-state index in [0.717, 1.165) is 30.2 Å². The molecule has 21 heavy (non-hydrogen) atoms. The molecular formula is C19H30BrN. The van der Waals surface area contributed by atoms with Crippen molar-refractivity contribution in [3.63, 3.8) is 0 Å². The molecule has 1 aromatic rings. The van der Waals surface area contributed by atoms with Crippen molar-refractivity contribution in [3.05, 3.63) is 34.3 Å². The molecular weight excluding hydrogens is 322 g/mol. The summed E-state index contributed by atoms with van der Waals surface area (Å²) in [4.78, 5) is 0. The molecule has 0 amide bonds. The molecule has 118 valence electrons. The van der Waals surface area contributed by atoms with Gasteiger partial charge in [-0.25, -0.2) is 0 Å². The van der Waals surface area contributed by atoms with Crippen LogP contribution < -0.4 is 5.32 Å². The van der Waals surface area contributed by atoms with Gasteiger partial charge in [-0.3, -0.25) is 0 Å². The molecule has 2 rings (SSSR count). The number of rotatable bonds is 6. The van der Waals surface area contributed by atoms with Crippen LogP contribution in [-0.2, 0) is 6.42 Å². The fraction of sp³-hybridized carbons (Fsp3) is 0.684. The second-order valence-electron chi connectivity index (χ2n) is 6.98. The van der Waals surface area contributed by atoms with Crippen molar-refractivity contribution in [2.75, 3.05) is 13.1 Å². The van der Waals surface area contributed by atoms with Crippen LogP contribution in [0.15, 0.2) is 28.7 Å². The van der Waals surface area contributed by atoms with E-state index in [-0.39, 0.29) is 0 Å². The maximum atomic E-state index is 3.61. The molecule has 0 saturated heterocycles. The Balaban J connectivity index is 2.05. The maximum absolute atomic E-state index is 3.61. The Morgan fingerprint density at radius 2 is 2.05 bits per heavy atom. The van der Waals surface area contributed by atoms with Crippen molar-refractivity contribution in [3.8, 4) is 0 Å². The molecule has 3 unspecified atom stereocenters. The fourth-order valence-electron chi connectivity index (χ4n) is 3.78. The summed E-state index contributed by atoms with van der Waals surface area (Å²) >= 11 is 3.61. The summed E-state index contributed by atoms with van der Waals surface area (Å²) in [5, 5.41) is 3.58. The van der Waals surface area contributed by atoms with Gasteiger partial charge < -0.3 is 5.32 Å². The lowest BCUT2D eigenvalue weighted by Crippen LogP contribution is -2.35. The van der Waals surface area contributed by atoms with Gasteiger partial charge in [0.15, 0.2) is 0 Å². The molecule has 1 saturated carbocycles. The van der Waals surface area contributed by atoms with E-state index in [4.69, 9.17) is 0 Å². The van der Waals surface area contributed by atoms with Gasteiger partial charge in [-0.05, 0) is 80.1 Å². The Morgan fingerprint density at radius 1 is 1.24 bits per heavy atom. The SMILES string of the molecule is CCNCC1CCC(C(C)C)CC1Cc1cccc(Br)c1. The number of nitrogens with one attached hydrogen (secondary N) is 1. The average molecular weight is 352 g/mol. The Labute approximate surface area is 139 Å². The highest BCUT2D eigenvalue weighted by Crippen LogP contribution is 2.39. The van der Waals surface area contributed by atoms with E-state index in [9.17, 15) is 0 Å². The number of hydrogen-bond donors (Lipinski definition) is 1. The minimum atomic E-state index is 0.829. The van der Waals surface area contributed by atoms with Crippen molar-refractivity contribution in [1.29, 1.82) is 0 Å². The average Bonchev–Trinajstić information content (AvgIpc) is 2.46. The predicted molar refractivity (Wildman–Crippen MR) is 95.5 cm³/mol. The van der Waals surface area contributed by atoms with Crippen LogP contribution in [0.5, 0.6) is 0 Å². The van der Waals surface area contributed by atoms with Crippen LogP contribution in [-0.4, -0.2) is 13.1 Å². The van der Waals surface area contributed by atoms with Crippen molar-refractivity contribution in [2.45, 2.75) is 46.5 Å². The molecule has 0 bridgehead atoms. The third-order valence-electron chi connectivity index (χ3n) is 5.17. The Hall–Kier alpha value is -0.340. The minimum Gasteiger partial charge on any atom is -0.317 e. The standard InChI is InChI=1S/C19H30BrN/c1-4-21-13-17-9-8-16(14(2)3)12-18(17)10-15-6-5-7-19(20)11-15/h5-7,11,14,16-18,21H,4,8-10,12-13H2,1-3H3. The molecule has 0 aliphatic heterocycles. The molecule has 1 nitrogen and oxygen atoms in total. The zero-order valence-corrected chi connectivity index (χ0v) is 15.3. The molecule has 1 aromatic carbocycles. The summed E-state index contributed by atoms with van der Waals surface area (Å²) in [6.07, 6.45) is 5.45. The van der Waals surface area contributed by atoms with Gasteiger partial charge in [0.25, 0.3) is 0 Å². The summed E-state index contributed by atoms with van der Waals surface area (Å²) in [6, 6.07) is 8.87. The van der Waals surface area contributed by atoms with E-state index in [0.29, 0.717) is 0 Å². The van der Waals surface area contributed by atoms with Crippen molar-refractivity contribution in [2.24, 2.45) is 23.7 Å². The second-order valence-corrected chi connectivity index (χ2v) is 7.89. The van der Waals surface area contributed by atoms with Crippen LogP contribution in [0.3, 0.4) is 0 Å². The highest BCUT2D eigenvalue weighted by molar-refractivity contribution is 9.10. The van der Waals surface area contributed by atoms with Crippen molar-refractivity contribution >= 4 is 15.9 Å². The summed E-state index contributed by atoms with van der Waals surface area (Å²) in [5.41, 5.74) is 1.49. The molecule has 2 heteroatoms. The van der Waals surface area contributed by atoms with Crippen LogP contribution in [0.1, 0.15) is 45.6 Å². The highest BCUT2D eigenvalue weighted by atomic mass is 79.9. The first kappa shape index (κ1) is 17.0. The largest absolute Gasteiger partial charge is 0.317 e. The van der Waals surface area contributed by atoms with Crippen LogP contribution in [0.4, 0.5) is 0 Å². The van der Waals surface area contributed by atoms with Crippen LogP contribution in [0.2, 0.25) is 0 Å². The summed E-state index contributed by atoms with van der Waals surface area (Å²) < 4.78 is 1.21. The van der Waals surface area contributed by atoms with Crippen molar-refractivity contribution < 1.29 is 0 Å². The lowest BCUT2D eigenvalue weighted by molar-refractivity contribution is 0.145. The molecule has 0 spiro atoms.